The highest BCUT2D eigenvalue weighted by Gasteiger charge is 2.26. The Labute approximate surface area is 68.4 Å². The average Bonchev–Trinajstić information content (AvgIpc) is 1.60. The third kappa shape index (κ3) is 2.86. The van der Waals surface area contributed by atoms with Gasteiger partial charge in [-0.3, -0.25) is 0 Å². The first-order chi connectivity index (χ1) is 4.18. The number of hydrogen-bond acceptors (Lipinski definition) is 2. The molecule has 1 rings (SSSR count). The van der Waals surface area contributed by atoms with Crippen LogP contribution in [0.2, 0.25) is 0 Å². The fourth-order valence-corrected chi connectivity index (χ4v) is 1.20. The lowest BCUT2D eigenvalue weighted by Gasteiger charge is -2.33. The smallest absolute Gasteiger partial charge is 0.0570 e. The minimum atomic E-state index is -0.0266. The van der Waals surface area contributed by atoms with Gasteiger partial charge < -0.3 is 10.4 Å². The molecule has 1 fully saturated rings. The Morgan fingerprint density at radius 3 is 2.20 bits per heavy atom. The Kier molecular flexibility index (Phi) is 4.25. The zero-order valence-electron chi connectivity index (χ0n) is 6.50. The number of nitrogens with one attached hydrogen (secondary N) is 1. The third-order valence-electron chi connectivity index (χ3n) is 1.68. The van der Waals surface area contributed by atoms with Crippen LogP contribution < -0.4 is 5.32 Å². The van der Waals surface area contributed by atoms with Crippen molar-refractivity contribution in [1.29, 1.82) is 0 Å². The lowest BCUT2D eigenvalue weighted by Crippen LogP contribution is -2.46. The molecule has 1 saturated carbocycles. The van der Waals surface area contributed by atoms with E-state index in [1.165, 1.54) is 0 Å². The fraction of sp³-hybridized carbons (Fsp3) is 1.00. The van der Waals surface area contributed by atoms with Crippen LogP contribution in [0.3, 0.4) is 0 Å². The van der Waals surface area contributed by atoms with E-state index in [1.807, 2.05) is 0 Å². The standard InChI is InChI=1S/C7H15NO.ClH/c1-5(2)8-6-3-7(9)4-6;/h5-9H,3-4H2,1-2H3;1H. The number of aliphatic hydroxyl groups excluding tert-OH is 1. The Bertz CT molecular complexity index is 91.6. The van der Waals surface area contributed by atoms with Crippen LogP contribution in [0.4, 0.5) is 0 Å². The number of halogens is 1. The van der Waals surface area contributed by atoms with Crippen molar-refractivity contribution in [2.45, 2.75) is 44.9 Å². The summed E-state index contributed by atoms with van der Waals surface area (Å²) in [6.07, 6.45) is 1.86. The first-order valence-electron chi connectivity index (χ1n) is 3.62. The quantitative estimate of drug-likeness (QED) is 0.638. The monoisotopic (exact) mass is 165 g/mol. The van der Waals surface area contributed by atoms with Gasteiger partial charge in [-0.2, -0.15) is 0 Å². The molecule has 0 aromatic carbocycles. The minimum Gasteiger partial charge on any atom is -0.393 e. The van der Waals surface area contributed by atoms with Crippen LogP contribution >= 0.6 is 12.4 Å². The van der Waals surface area contributed by atoms with Crippen molar-refractivity contribution < 1.29 is 5.11 Å². The summed E-state index contributed by atoms with van der Waals surface area (Å²) in [6, 6.07) is 1.14. The highest BCUT2D eigenvalue weighted by atomic mass is 35.5. The van der Waals surface area contributed by atoms with E-state index in [4.69, 9.17) is 5.11 Å². The van der Waals surface area contributed by atoms with E-state index in [2.05, 4.69) is 19.2 Å². The van der Waals surface area contributed by atoms with Gasteiger partial charge in [-0.25, -0.2) is 0 Å². The molecule has 1 aliphatic carbocycles. The number of hydrogen-bond donors (Lipinski definition) is 2. The molecule has 62 valence electrons. The van der Waals surface area contributed by atoms with E-state index in [0.717, 1.165) is 12.8 Å². The molecule has 0 spiro atoms. The van der Waals surface area contributed by atoms with Crippen LogP contribution in [0, 0.1) is 0 Å². The summed E-state index contributed by atoms with van der Waals surface area (Å²) in [4.78, 5) is 0. The molecule has 1 aliphatic rings. The van der Waals surface area contributed by atoms with Crippen molar-refractivity contribution in [2.24, 2.45) is 0 Å². The molecule has 0 radical (unpaired) electrons. The number of aliphatic hydroxyl groups is 1. The molecule has 0 unspecified atom stereocenters. The van der Waals surface area contributed by atoms with Gasteiger partial charge in [-0.1, -0.05) is 13.8 Å². The molecule has 0 aromatic heterocycles. The van der Waals surface area contributed by atoms with Crippen molar-refractivity contribution in [2.75, 3.05) is 0 Å². The van der Waals surface area contributed by atoms with Crippen molar-refractivity contribution in [3.05, 3.63) is 0 Å². The van der Waals surface area contributed by atoms with Gasteiger partial charge in [0, 0.05) is 12.1 Å². The van der Waals surface area contributed by atoms with E-state index in [0.29, 0.717) is 12.1 Å². The highest BCUT2D eigenvalue weighted by Crippen LogP contribution is 2.19. The minimum absolute atomic E-state index is 0. The Morgan fingerprint density at radius 1 is 1.40 bits per heavy atom. The Balaban J connectivity index is 0.000000810. The van der Waals surface area contributed by atoms with Gasteiger partial charge >= 0.3 is 0 Å². The van der Waals surface area contributed by atoms with E-state index in [-0.39, 0.29) is 18.5 Å². The van der Waals surface area contributed by atoms with Gasteiger partial charge in [0.1, 0.15) is 0 Å². The van der Waals surface area contributed by atoms with E-state index >= 15 is 0 Å². The van der Waals surface area contributed by atoms with Gasteiger partial charge in [-0.15, -0.1) is 12.4 Å². The molecule has 3 heteroatoms. The molecule has 0 saturated heterocycles. The van der Waals surface area contributed by atoms with Gasteiger partial charge in [0.2, 0.25) is 0 Å². The highest BCUT2D eigenvalue weighted by molar-refractivity contribution is 5.85. The molecule has 0 aromatic rings. The molecular formula is C7H16ClNO. The second kappa shape index (κ2) is 4.16. The largest absolute Gasteiger partial charge is 0.393 e. The van der Waals surface area contributed by atoms with E-state index < -0.39 is 0 Å². The second-order valence-corrected chi connectivity index (χ2v) is 3.14. The lowest BCUT2D eigenvalue weighted by molar-refractivity contribution is 0.0595. The van der Waals surface area contributed by atoms with Crippen molar-refractivity contribution >= 4 is 12.4 Å². The van der Waals surface area contributed by atoms with Crippen LogP contribution in [0.15, 0.2) is 0 Å². The molecular weight excluding hydrogens is 150 g/mol. The van der Waals surface area contributed by atoms with Gasteiger partial charge in [-0.05, 0) is 12.8 Å². The normalized spacial score (nSPS) is 31.2. The SMILES string of the molecule is CC(C)NC1CC(O)C1.Cl. The maximum Gasteiger partial charge on any atom is 0.0570 e. The molecule has 0 atom stereocenters. The molecule has 0 bridgehead atoms. The molecule has 2 nitrogen and oxygen atoms in total. The maximum absolute atomic E-state index is 8.89. The van der Waals surface area contributed by atoms with Crippen LogP contribution in [-0.2, 0) is 0 Å². The van der Waals surface area contributed by atoms with Crippen LogP contribution in [0.1, 0.15) is 26.7 Å². The molecule has 0 amide bonds. The lowest BCUT2D eigenvalue weighted by atomic mass is 9.89. The summed E-state index contributed by atoms with van der Waals surface area (Å²) in [6.45, 7) is 4.26. The van der Waals surface area contributed by atoms with E-state index in [9.17, 15) is 0 Å². The van der Waals surface area contributed by atoms with Gasteiger partial charge in [0.15, 0.2) is 0 Å². The molecule has 10 heavy (non-hydrogen) atoms. The average molecular weight is 166 g/mol. The summed E-state index contributed by atoms with van der Waals surface area (Å²) in [5.41, 5.74) is 0. The van der Waals surface area contributed by atoms with Crippen LogP contribution in [-0.4, -0.2) is 23.3 Å². The molecule has 0 aliphatic heterocycles. The Hall–Kier alpha value is 0.210. The van der Waals surface area contributed by atoms with Crippen molar-refractivity contribution in [1.82, 2.24) is 5.32 Å². The van der Waals surface area contributed by atoms with Crippen LogP contribution in [0.25, 0.3) is 0 Å². The molecule has 2 N–H and O–H groups in total. The summed E-state index contributed by atoms with van der Waals surface area (Å²) < 4.78 is 0. The Morgan fingerprint density at radius 2 is 1.90 bits per heavy atom. The maximum atomic E-state index is 8.89. The predicted molar refractivity (Wildman–Crippen MR) is 44.5 cm³/mol. The summed E-state index contributed by atoms with van der Waals surface area (Å²) in [5, 5.41) is 12.2. The first kappa shape index (κ1) is 10.2. The number of rotatable bonds is 2. The predicted octanol–water partition coefficient (Wildman–Crippen LogP) is 0.929. The topological polar surface area (TPSA) is 32.3 Å². The van der Waals surface area contributed by atoms with Gasteiger partial charge in [0.25, 0.3) is 0 Å². The third-order valence-corrected chi connectivity index (χ3v) is 1.68. The summed E-state index contributed by atoms with van der Waals surface area (Å²) in [5.74, 6) is 0. The summed E-state index contributed by atoms with van der Waals surface area (Å²) >= 11 is 0. The van der Waals surface area contributed by atoms with Gasteiger partial charge in [0.05, 0.1) is 6.10 Å². The van der Waals surface area contributed by atoms with Crippen molar-refractivity contribution in [3.8, 4) is 0 Å². The zero-order chi connectivity index (χ0) is 6.85. The summed E-state index contributed by atoms with van der Waals surface area (Å²) in [7, 11) is 0. The first-order valence-corrected chi connectivity index (χ1v) is 3.62. The van der Waals surface area contributed by atoms with E-state index in [1.54, 1.807) is 0 Å². The molecule has 0 heterocycles. The van der Waals surface area contributed by atoms with Crippen LogP contribution in [0.5, 0.6) is 0 Å². The fourth-order valence-electron chi connectivity index (χ4n) is 1.20. The van der Waals surface area contributed by atoms with Crippen molar-refractivity contribution in [3.63, 3.8) is 0 Å². The zero-order valence-corrected chi connectivity index (χ0v) is 7.32. The second-order valence-electron chi connectivity index (χ2n) is 3.14.